The molecular weight excluding hydrogens is 336 g/mol. The second kappa shape index (κ2) is 7.09. The van der Waals surface area contributed by atoms with Crippen LogP contribution in [0.1, 0.15) is 61.8 Å². The highest BCUT2D eigenvalue weighted by Crippen LogP contribution is 2.36. The summed E-state index contributed by atoms with van der Waals surface area (Å²) in [7, 11) is 0. The Morgan fingerprint density at radius 2 is 0.929 bits per heavy atom. The fourth-order valence-electron chi connectivity index (χ4n) is 4.50. The van der Waals surface area contributed by atoms with E-state index < -0.39 is 0 Å². The van der Waals surface area contributed by atoms with Gasteiger partial charge in [0.25, 0.3) is 0 Å². The molecular formula is C28H30. The van der Waals surface area contributed by atoms with E-state index in [1.165, 1.54) is 54.9 Å². The van der Waals surface area contributed by atoms with Crippen LogP contribution in [0.15, 0.2) is 60.7 Å². The van der Waals surface area contributed by atoms with Gasteiger partial charge in [0.15, 0.2) is 0 Å². The van der Waals surface area contributed by atoms with E-state index in [1.807, 2.05) is 0 Å². The summed E-state index contributed by atoms with van der Waals surface area (Å²) in [5.74, 6) is 1.07. The van der Waals surface area contributed by atoms with Crippen LogP contribution in [-0.2, 0) is 0 Å². The van der Waals surface area contributed by atoms with Crippen LogP contribution < -0.4 is 0 Å². The molecule has 0 aliphatic heterocycles. The van der Waals surface area contributed by atoms with Gasteiger partial charge in [-0.15, -0.1) is 0 Å². The van der Waals surface area contributed by atoms with Gasteiger partial charge < -0.3 is 0 Å². The maximum absolute atomic E-state index is 2.39. The van der Waals surface area contributed by atoms with Crippen molar-refractivity contribution < 1.29 is 0 Å². The summed E-state index contributed by atoms with van der Waals surface area (Å²) in [5.41, 5.74) is 8.27. The Balaban J connectivity index is 1.96. The molecule has 142 valence electrons. The number of hydrogen-bond donors (Lipinski definition) is 0. The van der Waals surface area contributed by atoms with Gasteiger partial charge in [0.05, 0.1) is 0 Å². The smallest absolute Gasteiger partial charge is 0.0145 e. The average Bonchev–Trinajstić information content (AvgIpc) is 2.66. The van der Waals surface area contributed by atoms with Gasteiger partial charge in [-0.2, -0.15) is 0 Å². The Morgan fingerprint density at radius 3 is 1.29 bits per heavy atom. The van der Waals surface area contributed by atoms with Crippen LogP contribution in [0.3, 0.4) is 0 Å². The Bertz CT molecular complexity index is 1080. The van der Waals surface area contributed by atoms with E-state index in [0.717, 1.165) is 0 Å². The zero-order valence-corrected chi connectivity index (χ0v) is 17.9. The molecule has 0 aromatic heterocycles. The van der Waals surface area contributed by atoms with Gasteiger partial charge in [-0.05, 0) is 92.7 Å². The van der Waals surface area contributed by atoms with Gasteiger partial charge in [0.2, 0.25) is 0 Å². The SMILES string of the molecule is Cc1cc2c(C(C)C)cccc2cc1-c1cc2cccc(C(C)C)c2cc1C. The summed E-state index contributed by atoms with van der Waals surface area (Å²) < 4.78 is 0. The highest BCUT2D eigenvalue weighted by Gasteiger charge is 2.13. The van der Waals surface area contributed by atoms with Crippen molar-refractivity contribution in [1.82, 2.24) is 0 Å². The van der Waals surface area contributed by atoms with Crippen LogP contribution in [-0.4, -0.2) is 0 Å². The van der Waals surface area contributed by atoms with Gasteiger partial charge in [-0.3, -0.25) is 0 Å². The molecule has 4 aromatic carbocycles. The van der Waals surface area contributed by atoms with Crippen molar-refractivity contribution in [2.45, 2.75) is 53.4 Å². The lowest BCUT2D eigenvalue weighted by Crippen LogP contribution is -1.94. The quantitative estimate of drug-likeness (QED) is 0.341. The number of benzene rings is 4. The first kappa shape index (κ1) is 18.7. The van der Waals surface area contributed by atoms with E-state index >= 15 is 0 Å². The molecule has 0 radical (unpaired) electrons. The van der Waals surface area contributed by atoms with Crippen LogP contribution in [0.4, 0.5) is 0 Å². The first-order chi connectivity index (χ1) is 13.4. The number of aryl methyl sites for hydroxylation is 2. The van der Waals surface area contributed by atoms with Crippen LogP contribution in [0, 0.1) is 13.8 Å². The highest BCUT2D eigenvalue weighted by molar-refractivity contribution is 5.96. The monoisotopic (exact) mass is 366 g/mol. The minimum atomic E-state index is 0.533. The molecule has 0 bridgehead atoms. The first-order valence-electron chi connectivity index (χ1n) is 10.4. The molecule has 0 nitrogen and oxygen atoms in total. The van der Waals surface area contributed by atoms with Crippen molar-refractivity contribution in [3.63, 3.8) is 0 Å². The summed E-state index contributed by atoms with van der Waals surface area (Å²) in [6, 6.07) is 22.9. The summed E-state index contributed by atoms with van der Waals surface area (Å²) >= 11 is 0. The molecule has 0 aliphatic carbocycles. The van der Waals surface area contributed by atoms with Gasteiger partial charge in [-0.25, -0.2) is 0 Å². The molecule has 28 heavy (non-hydrogen) atoms. The molecule has 0 saturated heterocycles. The zero-order chi connectivity index (χ0) is 20.0. The van der Waals surface area contributed by atoms with Gasteiger partial charge in [0, 0.05) is 0 Å². The molecule has 0 amide bonds. The number of hydrogen-bond acceptors (Lipinski definition) is 0. The molecule has 0 N–H and O–H groups in total. The predicted molar refractivity (Wildman–Crippen MR) is 125 cm³/mol. The highest BCUT2D eigenvalue weighted by atomic mass is 14.2. The lowest BCUT2D eigenvalue weighted by molar-refractivity contribution is 0.876. The largest absolute Gasteiger partial charge is 0.0613 e. The lowest BCUT2D eigenvalue weighted by Gasteiger charge is -2.17. The zero-order valence-electron chi connectivity index (χ0n) is 17.9. The number of fused-ring (bicyclic) bond motifs is 2. The topological polar surface area (TPSA) is 0 Å². The van der Waals surface area contributed by atoms with Crippen molar-refractivity contribution in [2.75, 3.05) is 0 Å². The Labute approximate surface area is 169 Å². The van der Waals surface area contributed by atoms with E-state index in [0.29, 0.717) is 11.8 Å². The molecule has 0 unspecified atom stereocenters. The fraction of sp³-hybridized carbons (Fsp3) is 0.286. The molecule has 0 spiro atoms. The molecule has 0 heterocycles. The summed E-state index contributed by atoms with van der Waals surface area (Å²) in [5, 5.41) is 5.45. The summed E-state index contributed by atoms with van der Waals surface area (Å²) in [6.45, 7) is 13.6. The molecule has 4 aromatic rings. The Morgan fingerprint density at radius 1 is 0.536 bits per heavy atom. The van der Waals surface area contributed by atoms with Crippen molar-refractivity contribution in [3.8, 4) is 11.1 Å². The maximum atomic E-state index is 2.39. The normalized spacial score (nSPS) is 11.9. The molecule has 0 aliphatic rings. The van der Waals surface area contributed by atoms with Gasteiger partial charge >= 0.3 is 0 Å². The molecule has 4 rings (SSSR count). The fourth-order valence-corrected chi connectivity index (χ4v) is 4.50. The molecule has 0 saturated carbocycles. The minimum Gasteiger partial charge on any atom is -0.0613 e. The Kier molecular flexibility index (Phi) is 4.75. The predicted octanol–water partition coefficient (Wildman–Crippen LogP) is 8.52. The van der Waals surface area contributed by atoms with Crippen LogP contribution in [0.5, 0.6) is 0 Å². The van der Waals surface area contributed by atoms with Crippen molar-refractivity contribution >= 4 is 21.5 Å². The van der Waals surface area contributed by atoms with Gasteiger partial charge in [-0.1, -0.05) is 76.2 Å². The third-order valence-corrected chi connectivity index (χ3v) is 6.05. The Hall–Kier alpha value is -2.60. The number of rotatable bonds is 3. The molecule has 0 fully saturated rings. The summed E-state index contributed by atoms with van der Waals surface area (Å²) in [6.07, 6.45) is 0. The van der Waals surface area contributed by atoms with E-state index in [2.05, 4.69) is 102 Å². The van der Waals surface area contributed by atoms with Crippen LogP contribution in [0.2, 0.25) is 0 Å². The van der Waals surface area contributed by atoms with E-state index in [-0.39, 0.29) is 0 Å². The third-order valence-electron chi connectivity index (χ3n) is 6.05. The van der Waals surface area contributed by atoms with Crippen molar-refractivity contribution in [3.05, 3.63) is 82.9 Å². The van der Waals surface area contributed by atoms with Crippen molar-refractivity contribution in [1.29, 1.82) is 0 Å². The second-order valence-electron chi connectivity index (χ2n) is 8.78. The van der Waals surface area contributed by atoms with Crippen molar-refractivity contribution in [2.24, 2.45) is 0 Å². The van der Waals surface area contributed by atoms with Crippen LogP contribution >= 0.6 is 0 Å². The standard InChI is InChI=1S/C28H30/c1-17(2)23-11-7-9-21-15-25(19(5)13-27(21)23)26-16-22-10-8-12-24(18(3)4)28(22)14-20(26)6/h7-18H,1-6H3. The van der Waals surface area contributed by atoms with Crippen LogP contribution in [0.25, 0.3) is 32.7 Å². The van der Waals surface area contributed by atoms with Gasteiger partial charge in [0.1, 0.15) is 0 Å². The molecule has 0 heteroatoms. The second-order valence-corrected chi connectivity index (χ2v) is 8.78. The first-order valence-corrected chi connectivity index (χ1v) is 10.4. The lowest BCUT2D eigenvalue weighted by atomic mass is 9.87. The average molecular weight is 367 g/mol. The maximum Gasteiger partial charge on any atom is -0.0145 e. The third kappa shape index (κ3) is 3.11. The summed E-state index contributed by atoms with van der Waals surface area (Å²) in [4.78, 5) is 0. The minimum absolute atomic E-state index is 0.533. The van der Waals surface area contributed by atoms with E-state index in [9.17, 15) is 0 Å². The van der Waals surface area contributed by atoms with E-state index in [1.54, 1.807) is 0 Å². The molecule has 0 atom stereocenters. The van der Waals surface area contributed by atoms with E-state index in [4.69, 9.17) is 0 Å².